The van der Waals surface area contributed by atoms with E-state index in [2.05, 4.69) is 25.0 Å². The van der Waals surface area contributed by atoms with Gasteiger partial charge in [-0.3, -0.25) is 19.6 Å². The van der Waals surface area contributed by atoms with Crippen molar-refractivity contribution in [1.82, 2.24) is 20.3 Å². The Morgan fingerprint density at radius 1 is 1.19 bits per heavy atom. The number of nitrogens with one attached hydrogen (secondary N) is 3. The van der Waals surface area contributed by atoms with E-state index in [1.165, 1.54) is 36.5 Å². The molecule has 0 aliphatic heterocycles. The fourth-order valence-electron chi connectivity index (χ4n) is 2.24. The summed E-state index contributed by atoms with van der Waals surface area (Å²) in [6.45, 7) is -2.77. The third-order valence-electron chi connectivity index (χ3n) is 3.46. The second-order valence-corrected chi connectivity index (χ2v) is 5.23. The summed E-state index contributed by atoms with van der Waals surface area (Å²) >= 11 is 0. The van der Waals surface area contributed by atoms with Crippen molar-refractivity contribution in [1.29, 1.82) is 0 Å². The van der Waals surface area contributed by atoms with E-state index in [0.29, 0.717) is 5.56 Å². The normalized spacial score (nSPS) is 10.9. The Labute approximate surface area is 143 Å². The summed E-state index contributed by atoms with van der Waals surface area (Å²) < 4.78 is 28.4. The molecule has 3 N–H and O–H groups in total. The molecule has 0 aliphatic carbocycles. The largest absolute Gasteiger partial charge is 0.435 e. The first-order valence-corrected chi connectivity index (χ1v) is 7.36. The molecule has 2 heterocycles. The van der Waals surface area contributed by atoms with Gasteiger partial charge in [-0.05, 0) is 23.8 Å². The molecule has 0 aliphatic rings. The molecule has 134 valence electrons. The molecule has 0 saturated heterocycles. The molecule has 8 nitrogen and oxygen atoms in total. The van der Waals surface area contributed by atoms with Gasteiger partial charge in [-0.15, -0.1) is 0 Å². The minimum Gasteiger partial charge on any atom is -0.435 e. The van der Waals surface area contributed by atoms with E-state index in [1.54, 1.807) is 0 Å². The molecule has 3 aromatic rings. The smallest absolute Gasteiger partial charge is 0.387 e. The summed E-state index contributed by atoms with van der Waals surface area (Å²) in [4.78, 5) is 43.4. The van der Waals surface area contributed by atoms with E-state index >= 15 is 0 Å². The van der Waals surface area contributed by atoms with Crippen molar-refractivity contribution in [3.05, 3.63) is 68.5 Å². The molecule has 0 unspecified atom stereocenters. The Balaban J connectivity index is 1.71. The first-order chi connectivity index (χ1) is 12.4. The predicted octanol–water partition coefficient (Wildman–Crippen LogP) is 1.14. The summed E-state index contributed by atoms with van der Waals surface area (Å²) in [5, 5.41) is 2.69. The van der Waals surface area contributed by atoms with Crippen molar-refractivity contribution < 1.29 is 18.3 Å². The molecule has 2 aromatic heterocycles. The number of benzene rings is 1. The standard InChI is InChI=1S/C16H12F2N4O4/c17-15(18)26-10-3-1-8(2-4-10)6-20-13(23)9-5-11-12(19-7-9)21-16(25)22-14(11)24/h1-5,7,15H,6H2,(H,20,23)(H2,19,21,22,24,25). The summed E-state index contributed by atoms with van der Waals surface area (Å²) in [5.41, 5.74) is -0.472. The van der Waals surface area contributed by atoms with Gasteiger partial charge in [0.1, 0.15) is 11.4 Å². The third kappa shape index (κ3) is 3.91. The van der Waals surface area contributed by atoms with Gasteiger partial charge in [-0.1, -0.05) is 12.1 Å². The van der Waals surface area contributed by atoms with E-state index in [-0.39, 0.29) is 28.9 Å². The second kappa shape index (κ2) is 7.13. The maximum atomic E-state index is 12.2. The topological polar surface area (TPSA) is 117 Å². The maximum Gasteiger partial charge on any atom is 0.387 e. The SMILES string of the molecule is O=C(NCc1ccc(OC(F)F)cc1)c1cnc2[nH]c(=O)[nH]c(=O)c2c1. The molecular formula is C16H12F2N4O4. The highest BCUT2D eigenvalue weighted by molar-refractivity contribution is 5.96. The number of alkyl halides is 2. The summed E-state index contributed by atoms with van der Waals surface area (Å²) in [5.74, 6) is -0.472. The van der Waals surface area contributed by atoms with E-state index in [1.807, 2.05) is 0 Å². The average Bonchev–Trinajstić information content (AvgIpc) is 2.60. The predicted molar refractivity (Wildman–Crippen MR) is 87.2 cm³/mol. The van der Waals surface area contributed by atoms with Crippen molar-refractivity contribution in [3.63, 3.8) is 0 Å². The van der Waals surface area contributed by atoms with Crippen molar-refractivity contribution in [3.8, 4) is 5.75 Å². The number of halogens is 2. The lowest BCUT2D eigenvalue weighted by Gasteiger charge is -2.08. The minimum atomic E-state index is -2.90. The number of carbonyl (C=O) groups is 1. The summed E-state index contributed by atoms with van der Waals surface area (Å²) in [7, 11) is 0. The van der Waals surface area contributed by atoms with E-state index in [0.717, 1.165) is 0 Å². The molecular weight excluding hydrogens is 350 g/mol. The molecule has 0 saturated carbocycles. The van der Waals surface area contributed by atoms with Crippen molar-refractivity contribution in [2.24, 2.45) is 0 Å². The van der Waals surface area contributed by atoms with Gasteiger partial charge in [-0.2, -0.15) is 8.78 Å². The number of rotatable bonds is 5. The zero-order valence-electron chi connectivity index (χ0n) is 13.1. The lowest BCUT2D eigenvalue weighted by atomic mass is 10.2. The van der Waals surface area contributed by atoms with Crippen LogP contribution in [0.3, 0.4) is 0 Å². The minimum absolute atomic E-state index is 0.0158. The molecule has 0 bridgehead atoms. The van der Waals surface area contributed by atoms with Gasteiger partial charge >= 0.3 is 12.3 Å². The van der Waals surface area contributed by atoms with Crippen LogP contribution >= 0.6 is 0 Å². The van der Waals surface area contributed by atoms with Gasteiger partial charge < -0.3 is 10.1 Å². The molecule has 10 heteroatoms. The Hall–Kier alpha value is -3.56. The van der Waals surface area contributed by atoms with Crippen LogP contribution in [0, 0.1) is 0 Å². The fraction of sp³-hybridized carbons (Fsp3) is 0.125. The monoisotopic (exact) mass is 362 g/mol. The van der Waals surface area contributed by atoms with Gasteiger partial charge in [-0.25, -0.2) is 9.78 Å². The van der Waals surface area contributed by atoms with Gasteiger partial charge in [0.2, 0.25) is 0 Å². The van der Waals surface area contributed by atoms with Gasteiger partial charge in [0.25, 0.3) is 11.5 Å². The number of amides is 1. The maximum absolute atomic E-state index is 12.2. The van der Waals surface area contributed by atoms with Gasteiger partial charge in [0, 0.05) is 12.7 Å². The lowest BCUT2D eigenvalue weighted by molar-refractivity contribution is -0.0498. The number of fused-ring (bicyclic) bond motifs is 1. The molecule has 1 amide bonds. The molecule has 0 atom stereocenters. The number of hydrogen-bond donors (Lipinski definition) is 3. The van der Waals surface area contributed by atoms with E-state index in [9.17, 15) is 23.2 Å². The van der Waals surface area contributed by atoms with Crippen LogP contribution in [-0.2, 0) is 6.54 Å². The zero-order valence-corrected chi connectivity index (χ0v) is 13.1. The molecule has 0 radical (unpaired) electrons. The van der Waals surface area contributed by atoms with Crippen LogP contribution in [0.1, 0.15) is 15.9 Å². The summed E-state index contributed by atoms with van der Waals surface area (Å²) in [6, 6.07) is 7.10. The number of hydrogen-bond acceptors (Lipinski definition) is 5. The number of ether oxygens (including phenoxy) is 1. The fourth-order valence-corrected chi connectivity index (χ4v) is 2.24. The average molecular weight is 362 g/mol. The molecule has 0 fully saturated rings. The Morgan fingerprint density at radius 2 is 1.92 bits per heavy atom. The highest BCUT2D eigenvalue weighted by Gasteiger charge is 2.10. The van der Waals surface area contributed by atoms with Crippen molar-refractivity contribution in [2.75, 3.05) is 0 Å². The molecule has 0 spiro atoms. The molecule has 26 heavy (non-hydrogen) atoms. The van der Waals surface area contributed by atoms with Gasteiger partial charge in [0.05, 0.1) is 10.9 Å². The van der Waals surface area contributed by atoms with Crippen LogP contribution in [0.2, 0.25) is 0 Å². The van der Waals surface area contributed by atoms with Crippen LogP contribution in [0.5, 0.6) is 5.75 Å². The second-order valence-electron chi connectivity index (χ2n) is 5.23. The first kappa shape index (κ1) is 17.3. The van der Waals surface area contributed by atoms with Crippen LogP contribution in [-0.4, -0.2) is 27.5 Å². The quantitative estimate of drug-likeness (QED) is 0.629. The van der Waals surface area contributed by atoms with Crippen LogP contribution in [0.4, 0.5) is 8.78 Å². The van der Waals surface area contributed by atoms with E-state index in [4.69, 9.17) is 0 Å². The number of aromatic amines is 2. The molecule has 3 rings (SSSR count). The van der Waals surface area contributed by atoms with Crippen molar-refractivity contribution >= 4 is 16.9 Å². The highest BCUT2D eigenvalue weighted by atomic mass is 19.3. The lowest BCUT2D eigenvalue weighted by Crippen LogP contribution is -2.25. The van der Waals surface area contributed by atoms with Gasteiger partial charge in [0.15, 0.2) is 0 Å². The molecule has 1 aromatic carbocycles. The Kier molecular flexibility index (Phi) is 4.74. The number of nitrogens with zero attached hydrogens (tertiary/aromatic N) is 1. The number of carbonyl (C=O) groups excluding carboxylic acids is 1. The third-order valence-corrected chi connectivity index (χ3v) is 3.46. The zero-order chi connectivity index (χ0) is 18.7. The van der Waals surface area contributed by atoms with Crippen LogP contribution < -0.4 is 21.3 Å². The Morgan fingerprint density at radius 3 is 2.62 bits per heavy atom. The Bertz CT molecular complexity index is 1060. The summed E-state index contributed by atoms with van der Waals surface area (Å²) in [6.07, 6.45) is 1.23. The number of H-pyrrole nitrogens is 2. The highest BCUT2D eigenvalue weighted by Crippen LogP contribution is 2.15. The number of aromatic nitrogens is 3. The van der Waals surface area contributed by atoms with E-state index < -0.39 is 23.8 Å². The van der Waals surface area contributed by atoms with Crippen molar-refractivity contribution in [2.45, 2.75) is 13.2 Å². The van der Waals surface area contributed by atoms with Crippen LogP contribution in [0.15, 0.2) is 46.1 Å². The first-order valence-electron chi connectivity index (χ1n) is 7.36. The van der Waals surface area contributed by atoms with Crippen LogP contribution in [0.25, 0.3) is 11.0 Å². The number of pyridine rings is 1.